The van der Waals surface area contributed by atoms with Gasteiger partial charge in [-0.2, -0.15) is 0 Å². The Morgan fingerprint density at radius 3 is 2.70 bits per heavy atom. The molecular formula is C15H24N2O2S. The van der Waals surface area contributed by atoms with Crippen LogP contribution in [0.5, 0.6) is 0 Å². The molecule has 1 aromatic heterocycles. The predicted molar refractivity (Wildman–Crippen MR) is 81.8 cm³/mol. The standard InChI is InChI=1S/C15H24N2O2S/c1-6-19-15(4,5)9-17-13(16-11(3)14(17)18)12-8-7-10(2)20-12/h7-8,11,13,16H,6,9H2,1-5H3. The van der Waals surface area contributed by atoms with Gasteiger partial charge in [-0.1, -0.05) is 0 Å². The van der Waals surface area contributed by atoms with Crippen LogP contribution in [0, 0.1) is 6.92 Å². The third kappa shape index (κ3) is 3.22. The van der Waals surface area contributed by atoms with Crippen LogP contribution >= 0.6 is 11.3 Å². The van der Waals surface area contributed by atoms with Gasteiger partial charge < -0.3 is 9.64 Å². The number of thiophene rings is 1. The lowest BCUT2D eigenvalue weighted by molar-refractivity contribution is -0.134. The van der Waals surface area contributed by atoms with Crippen LogP contribution in [0.3, 0.4) is 0 Å². The highest BCUT2D eigenvalue weighted by molar-refractivity contribution is 7.12. The highest BCUT2D eigenvalue weighted by Gasteiger charge is 2.40. The zero-order chi connectivity index (χ0) is 14.9. The topological polar surface area (TPSA) is 41.6 Å². The number of aryl methyl sites for hydroxylation is 1. The van der Waals surface area contributed by atoms with Crippen molar-refractivity contribution in [2.24, 2.45) is 0 Å². The Kier molecular flexibility index (Phi) is 4.52. The molecule has 1 aromatic rings. The van der Waals surface area contributed by atoms with Crippen molar-refractivity contribution in [1.82, 2.24) is 10.2 Å². The Morgan fingerprint density at radius 1 is 1.45 bits per heavy atom. The lowest BCUT2D eigenvalue weighted by Gasteiger charge is -2.33. The molecule has 1 aliphatic rings. The first kappa shape index (κ1) is 15.5. The summed E-state index contributed by atoms with van der Waals surface area (Å²) in [6, 6.07) is 4.06. The molecule has 2 rings (SSSR count). The Labute approximate surface area is 125 Å². The lowest BCUT2D eigenvalue weighted by atomic mass is 10.1. The number of nitrogens with zero attached hydrogens (tertiary/aromatic N) is 1. The Hall–Kier alpha value is -0.910. The van der Waals surface area contributed by atoms with E-state index in [2.05, 4.69) is 24.4 Å². The molecule has 112 valence electrons. The highest BCUT2D eigenvalue weighted by atomic mass is 32.1. The number of hydrogen-bond acceptors (Lipinski definition) is 4. The first-order chi connectivity index (χ1) is 9.34. The average Bonchev–Trinajstić information content (AvgIpc) is 2.88. The summed E-state index contributed by atoms with van der Waals surface area (Å²) >= 11 is 1.73. The van der Waals surface area contributed by atoms with Crippen LogP contribution in [0.1, 0.15) is 43.6 Å². The minimum absolute atomic E-state index is 0.0315. The van der Waals surface area contributed by atoms with Crippen molar-refractivity contribution in [2.45, 2.75) is 52.4 Å². The van der Waals surface area contributed by atoms with Crippen molar-refractivity contribution < 1.29 is 9.53 Å². The monoisotopic (exact) mass is 296 g/mol. The summed E-state index contributed by atoms with van der Waals surface area (Å²) < 4.78 is 5.75. The molecule has 1 N–H and O–H groups in total. The molecule has 2 atom stereocenters. The molecule has 20 heavy (non-hydrogen) atoms. The van der Waals surface area contributed by atoms with E-state index in [1.807, 2.05) is 32.6 Å². The minimum atomic E-state index is -0.333. The van der Waals surface area contributed by atoms with E-state index < -0.39 is 0 Å². The zero-order valence-electron chi connectivity index (χ0n) is 12.9. The Morgan fingerprint density at radius 2 is 2.15 bits per heavy atom. The van der Waals surface area contributed by atoms with E-state index in [-0.39, 0.29) is 23.7 Å². The number of rotatable bonds is 5. The maximum Gasteiger partial charge on any atom is 0.241 e. The summed E-state index contributed by atoms with van der Waals surface area (Å²) in [5, 5.41) is 3.38. The van der Waals surface area contributed by atoms with Gasteiger partial charge in [0, 0.05) is 16.4 Å². The largest absolute Gasteiger partial charge is 0.374 e. The summed E-state index contributed by atoms with van der Waals surface area (Å²) in [5.41, 5.74) is -0.333. The fourth-order valence-corrected chi connectivity index (χ4v) is 3.58. The first-order valence-electron chi connectivity index (χ1n) is 7.11. The molecule has 5 heteroatoms. The van der Waals surface area contributed by atoms with Crippen molar-refractivity contribution in [2.75, 3.05) is 13.2 Å². The van der Waals surface area contributed by atoms with E-state index in [0.717, 1.165) is 0 Å². The quantitative estimate of drug-likeness (QED) is 0.908. The van der Waals surface area contributed by atoms with E-state index in [1.54, 1.807) is 11.3 Å². The van der Waals surface area contributed by atoms with Gasteiger partial charge in [0.25, 0.3) is 0 Å². The van der Waals surface area contributed by atoms with Crippen LogP contribution in [-0.4, -0.2) is 35.6 Å². The maximum atomic E-state index is 12.4. The molecule has 0 spiro atoms. The Balaban J connectivity index is 2.20. The van der Waals surface area contributed by atoms with Crippen LogP contribution in [0.25, 0.3) is 0 Å². The molecular weight excluding hydrogens is 272 g/mol. The van der Waals surface area contributed by atoms with E-state index >= 15 is 0 Å². The summed E-state index contributed by atoms with van der Waals surface area (Å²) in [6.07, 6.45) is -0.0315. The number of hydrogen-bond donors (Lipinski definition) is 1. The van der Waals surface area contributed by atoms with Gasteiger partial charge in [0.1, 0.15) is 6.17 Å². The van der Waals surface area contributed by atoms with Crippen molar-refractivity contribution in [3.05, 3.63) is 21.9 Å². The first-order valence-corrected chi connectivity index (χ1v) is 7.92. The van der Waals surface area contributed by atoms with Gasteiger partial charge in [0.05, 0.1) is 18.2 Å². The van der Waals surface area contributed by atoms with Gasteiger partial charge in [-0.25, -0.2) is 0 Å². The number of ether oxygens (including phenoxy) is 1. The van der Waals surface area contributed by atoms with Crippen molar-refractivity contribution >= 4 is 17.2 Å². The average molecular weight is 296 g/mol. The zero-order valence-corrected chi connectivity index (χ0v) is 13.7. The van der Waals surface area contributed by atoms with Crippen molar-refractivity contribution in [1.29, 1.82) is 0 Å². The second-order valence-corrected chi connectivity index (χ2v) is 7.22. The molecule has 1 saturated heterocycles. The summed E-state index contributed by atoms with van der Waals surface area (Å²) in [7, 11) is 0. The fourth-order valence-electron chi connectivity index (χ4n) is 2.63. The second kappa shape index (κ2) is 5.84. The normalized spacial score (nSPS) is 23.6. The lowest BCUT2D eigenvalue weighted by Crippen LogP contribution is -2.43. The predicted octanol–water partition coefficient (Wildman–Crippen LogP) is 2.69. The second-order valence-electron chi connectivity index (χ2n) is 5.90. The fraction of sp³-hybridized carbons (Fsp3) is 0.667. The third-order valence-electron chi connectivity index (χ3n) is 3.49. The van der Waals surface area contributed by atoms with Crippen LogP contribution < -0.4 is 5.32 Å². The molecule has 1 fully saturated rings. The van der Waals surface area contributed by atoms with E-state index in [9.17, 15) is 4.79 Å². The molecule has 0 aromatic carbocycles. The minimum Gasteiger partial charge on any atom is -0.374 e. The van der Waals surface area contributed by atoms with Gasteiger partial charge in [-0.05, 0) is 46.8 Å². The van der Waals surface area contributed by atoms with Crippen LogP contribution in [0.2, 0.25) is 0 Å². The molecule has 1 aliphatic heterocycles. The molecule has 0 saturated carbocycles. The molecule has 2 unspecified atom stereocenters. The number of carbonyl (C=O) groups excluding carboxylic acids is 1. The van der Waals surface area contributed by atoms with E-state index in [1.165, 1.54) is 9.75 Å². The number of nitrogens with one attached hydrogen (secondary N) is 1. The molecule has 2 heterocycles. The molecule has 0 bridgehead atoms. The van der Waals surface area contributed by atoms with Crippen LogP contribution in [0.4, 0.5) is 0 Å². The highest BCUT2D eigenvalue weighted by Crippen LogP contribution is 2.31. The molecule has 4 nitrogen and oxygen atoms in total. The van der Waals surface area contributed by atoms with Crippen LogP contribution in [-0.2, 0) is 9.53 Å². The summed E-state index contributed by atoms with van der Waals surface area (Å²) in [6.45, 7) is 11.3. The molecule has 1 amide bonds. The van der Waals surface area contributed by atoms with E-state index in [4.69, 9.17) is 4.74 Å². The van der Waals surface area contributed by atoms with Gasteiger partial charge >= 0.3 is 0 Å². The van der Waals surface area contributed by atoms with Gasteiger partial charge in [-0.15, -0.1) is 11.3 Å². The van der Waals surface area contributed by atoms with Crippen molar-refractivity contribution in [3.63, 3.8) is 0 Å². The van der Waals surface area contributed by atoms with Crippen LogP contribution in [0.15, 0.2) is 12.1 Å². The Bertz CT molecular complexity index is 484. The molecule has 0 radical (unpaired) electrons. The number of carbonyl (C=O) groups is 1. The SMILES string of the molecule is CCOC(C)(C)CN1C(=O)C(C)NC1c1ccc(C)s1. The molecule has 0 aliphatic carbocycles. The van der Waals surface area contributed by atoms with Gasteiger partial charge in [0.2, 0.25) is 5.91 Å². The van der Waals surface area contributed by atoms with Gasteiger partial charge in [-0.3, -0.25) is 10.1 Å². The summed E-state index contributed by atoms with van der Waals surface area (Å²) in [5.74, 6) is 0.147. The third-order valence-corrected chi connectivity index (χ3v) is 4.54. The van der Waals surface area contributed by atoms with Gasteiger partial charge in [0.15, 0.2) is 0 Å². The van der Waals surface area contributed by atoms with E-state index in [0.29, 0.717) is 13.2 Å². The maximum absolute atomic E-state index is 12.4. The smallest absolute Gasteiger partial charge is 0.241 e. The number of amides is 1. The van der Waals surface area contributed by atoms with Crippen molar-refractivity contribution in [3.8, 4) is 0 Å². The summed E-state index contributed by atoms with van der Waals surface area (Å²) in [4.78, 5) is 16.7.